The maximum Gasteiger partial charge on any atom is 0.249 e. The van der Waals surface area contributed by atoms with E-state index in [0.29, 0.717) is 0 Å². The normalized spacial score (nSPS) is 14.4. The van der Waals surface area contributed by atoms with Crippen LogP contribution in [0.2, 0.25) is 0 Å². The molecule has 43 heavy (non-hydrogen) atoms. The van der Waals surface area contributed by atoms with Gasteiger partial charge in [0.1, 0.15) is 11.5 Å². The molecule has 4 heterocycles. The van der Waals surface area contributed by atoms with Gasteiger partial charge in [-0.15, -0.1) is 0 Å². The summed E-state index contributed by atoms with van der Waals surface area (Å²) in [4.78, 5) is 6.95. The zero-order valence-electron chi connectivity index (χ0n) is 26.1. The highest BCUT2D eigenvalue weighted by atomic mass is 16.5. The first-order chi connectivity index (χ1) is 20.5. The van der Waals surface area contributed by atoms with Gasteiger partial charge in [-0.2, -0.15) is 0 Å². The van der Waals surface area contributed by atoms with Crippen LogP contribution in [0.25, 0.3) is 0 Å². The second-order valence-electron chi connectivity index (χ2n) is 14.6. The van der Waals surface area contributed by atoms with Crippen LogP contribution in [0.3, 0.4) is 0 Å². The van der Waals surface area contributed by atoms with Crippen molar-refractivity contribution in [2.75, 3.05) is 4.90 Å². The van der Waals surface area contributed by atoms with E-state index in [1.54, 1.807) is 0 Å². The van der Waals surface area contributed by atoms with Crippen molar-refractivity contribution in [3.63, 3.8) is 0 Å². The fourth-order valence-corrected chi connectivity index (χ4v) is 7.49. The molecule has 0 fully saturated rings. The number of fused-ring (bicyclic) bond motifs is 6. The Labute approximate surface area is 256 Å². The van der Waals surface area contributed by atoms with E-state index >= 15 is 0 Å². The Morgan fingerprint density at radius 2 is 1.35 bits per heavy atom. The summed E-state index contributed by atoms with van der Waals surface area (Å²) in [6.45, 7) is 16.2. The number of rotatable bonds is 1. The highest BCUT2D eigenvalue weighted by Gasteiger charge is 2.48. The van der Waals surface area contributed by atoms with Crippen LogP contribution in [0.15, 0.2) is 91.3 Å². The number of hydrogen-bond donors (Lipinski definition) is 0. The summed E-state index contributed by atoms with van der Waals surface area (Å²) in [5.41, 5.74) is 15.5. The molecule has 0 spiro atoms. The molecule has 0 atom stereocenters. The molecule has 5 aromatic rings. The van der Waals surface area contributed by atoms with Crippen molar-refractivity contribution < 1.29 is 4.74 Å². The Hall–Kier alpha value is -4.24. The minimum Gasteiger partial charge on any atom is -0.458 e. The Kier molecular flexibility index (Phi) is 5.46. The van der Waals surface area contributed by atoms with Crippen LogP contribution < -0.4 is 42.4 Å². The topological polar surface area (TPSA) is 25.4 Å². The highest BCUT2D eigenvalue weighted by molar-refractivity contribution is 7.13. The van der Waals surface area contributed by atoms with Crippen molar-refractivity contribution >= 4 is 63.3 Å². The lowest BCUT2D eigenvalue weighted by atomic mass is 9.19. The first-order valence-corrected chi connectivity index (χ1v) is 15.4. The molecule has 0 saturated carbocycles. The van der Waals surface area contributed by atoms with Gasteiger partial charge in [0.25, 0.3) is 0 Å². The number of nitrogens with zero attached hydrogens (tertiary/aromatic N) is 2. The molecule has 8 rings (SSSR count). The first kappa shape index (κ1) is 26.4. The Balaban J connectivity index is 1.49. The number of ether oxygens (including phenoxy) is 1. The van der Waals surface area contributed by atoms with Crippen molar-refractivity contribution in [1.29, 1.82) is 0 Å². The van der Waals surface area contributed by atoms with Gasteiger partial charge < -0.3 is 9.64 Å². The number of hydrogen-bond acceptors (Lipinski definition) is 3. The zero-order valence-corrected chi connectivity index (χ0v) is 26.1. The molecule has 1 aromatic heterocycles. The molecule has 3 aliphatic heterocycles. The summed E-state index contributed by atoms with van der Waals surface area (Å²) in [5, 5.41) is 0. The average Bonchev–Trinajstić information content (AvgIpc) is 2.97. The smallest absolute Gasteiger partial charge is 0.249 e. The minimum atomic E-state index is -0.0236. The predicted molar refractivity (Wildman–Crippen MR) is 183 cm³/mol. The van der Waals surface area contributed by atoms with Gasteiger partial charge in [-0.05, 0) is 92.7 Å². The maximum atomic E-state index is 6.94. The van der Waals surface area contributed by atoms with Crippen LogP contribution in [0, 0.1) is 6.92 Å². The van der Waals surface area contributed by atoms with Crippen LogP contribution >= 0.6 is 0 Å². The van der Waals surface area contributed by atoms with E-state index in [0.717, 1.165) is 17.2 Å². The van der Waals surface area contributed by atoms with Crippen LogP contribution in [0.4, 0.5) is 17.1 Å². The first-order valence-electron chi connectivity index (χ1n) is 15.4. The number of anilines is 3. The van der Waals surface area contributed by atoms with Gasteiger partial charge in [-0.1, -0.05) is 94.9 Å². The molecule has 4 aromatic carbocycles. The van der Waals surface area contributed by atoms with Crippen molar-refractivity contribution in [1.82, 2.24) is 4.98 Å². The lowest BCUT2D eigenvalue weighted by molar-refractivity contribution is 0.480. The third-order valence-electron chi connectivity index (χ3n) is 9.62. The zero-order chi connectivity index (χ0) is 29.8. The van der Waals surface area contributed by atoms with Gasteiger partial charge in [0.05, 0.1) is 11.9 Å². The molecule has 3 nitrogen and oxygen atoms in total. The summed E-state index contributed by atoms with van der Waals surface area (Å²) in [6.07, 6.45) is 3.83. The predicted octanol–water partition coefficient (Wildman–Crippen LogP) is 5.22. The molecular weight excluding hydrogens is 522 g/mol. The molecule has 0 bridgehead atoms. The standard InChI is InChI=1S/C38H36B2N2O/c1-23-17-29-35-32(18-23)42(26-11-10-16-41-22-26)31-13-9-8-12-27(31)39(35)30-19-25(38(5,6)7)21-34-36(30)40(29)28-15-14-24(37(2,3)4)20-33(28)43-34/h8-22H,1-7H3. The third kappa shape index (κ3) is 3.87. The quantitative estimate of drug-likeness (QED) is 0.259. The number of aryl methyl sites for hydroxylation is 1. The summed E-state index contributed by atoms with van der Waals surface area (Å²) in [7, 11) is 0. The molecular formula is C38H36B2N2O. The van der Waals surface area contributed by atoms with E-state index in [2.05, 4.69) is 131 Å². The Morgan fingerprint density at radius 3 is 2.09 bits per heavy atom. The van der Waals surface area contributed by atoms with Gasteiger partial charge in [-0.25, -0.2) is 0 Å². The molecule has 0 N–H and O–H groups in total. The summed E-state index contributed by atoms with van der Waals surface area (Å²) >= 11 is 0. The summed E-state index contributed by atoms with van der Waals surface area (Å²) in [6, 6.07) is 29.7. The van der Waals surface area contributed by atoms with Gasteiger partial charge in [0.2, 0.25) is 13.4 Å². The van der Waals surface area contributed by atoms with E-state index in [4.69, 9.17) is 4.74 Å². The fraction of sp³-hybridized carbons (Fsp3) is 0.237. The average molecular weight is 558 g/mol. The van der Waals surface area contributed by atoms with Gasteiger partial charge in [0.15, 0.2) is 0 Å². The Bertz CT molecular complexity index is 1950. The van der Waals surface area contributed by atoms with E-state index < -0.39 is 0 Å². The van der Waals surface area contributed by atoms with Crippen molar-refractivity contribution in [2.24, 2.45) is 0 Å². The summed E-state index contributed by atoms with van der Waals surface area (Å²) in [5.74, 6) is 1.99. The van der Waals surface area contributed by atoms with E-state index in [1.807, 2.05) is 18.5 Å². The molecule has 0 aliphatic carbocycles. The van der Waals surface area contributed by atoms with E-state index in [-0.39, 0.29) is 24.3 Å². The molecule has 0 radical (unpaired) electrons. The van der Waals surface area contributed by atoms with E-state index in [1.165, 1.54) is 60.8 Å². The number of para-hydroxylation sites is 1. The van der Waals surface area contributed by atoms with Crippen molar-refractivity contribution in [3.8, 4) is 11.5 Å². The molecule has 0 unspecified atom stereocenters. The number of pyridine rings is 1. The van der Waals surface area contributed by atoms with Gasteiger partial charge >= 0.3 is 0 Å². The van der Waals surface area contributed by atoms with Crippen LogP contribution in [-0.4, -0.2) is 18.4 Å². The van der Waals surface area contributed by atoms with Crippen molar-refractivity contribution in [3.05, 3.63) is 108 Å². The molecule has 0 amide bonds. The second-order valence-corrected chi connectivity index (χ2v) is 14.6. The highest BCUT2D eigenvalue weighted by Crippen LogP contribution is 2.38. The lowest BCUT2D eigenvalue weighted by Crippen LogP contribution is -2.77. The minimum absolute atomic E-state index is 0.0236. The Morgan fingerprint density at radius 1 is 0.628 bits per heavy atom. The van der Waals surface area contributed by atoms with Gasteiger partial charge in [0, 0.05) is 17.6 Å². The second kappa shape index (κ2) is 8.89. The van der Waals surface area contributed by atoms with E-state index in [9.17, 15) is 0 Å². The van der Waals surface area contributed by atoms with Gasteiger partial charge in [-0.3, -0.25) is 4.98 Å². The molecule has 5 heteroatoms. The largest absolute Gasteiger partial charge is 0.458 e. The molecule has 3 aliphatic rings. The van der Waals surface area contributed by atoms with Crippen molar-refractivity contribution in [2.45, 2.75) is 59.3 Å². The monoisotopic (exact) mass is 558 g/mol. The summed E-state index contributed by atoms with van der Waals surface area (Å²) < 4.78 is 6.94. The van der Waals surface area contributed by atoms with Crippen LogP contribution in [0.1, 0.15) is 58.2 Å². The number of benzene rings is 4. The third-order valence-corrected chi connectivity index (χ3v) is 9.62. The fourth-order valence-electron chi connectivity index (χ4n) is 7.49. The van der Waals surface area contributed by atoms with Crippen LogP contribution in [-0.2, 0) is 10.8 Å². The number of aromatic nitrogens is 1. The molecule has 0 saturated heterocycles. The SMILES string of the molecule is Cc1cc2c3c(c1)N(c1cccnc1)c1ccccc1B3c1cc(C(C)(C)C)cc3c1B2c1ccc(C(C)(C)C)cc1O3. The lowest BCUT2D eigenvalue weighted by Gasteiger charge is -2.44. The van der Waals surface area contributed by atoms with Crippen LogP contribution in [0.5, 0.6) is 11.5 Å². The molecule has 210 valence electrons. The maximum absolute atomic E-state index is 6.94.